The molecule has 0 bridgehead atoms. The first kappa shape index (κ1) is 13.0. The van der Waals surface area contributed by atoms with Crippen LogP contribution in [0, 0.1) is 6.92 Å². The van der Waals surface area contributed by atoms with Gasteiger partial charge in [-0.05, 0) is 39.7 Å². The molecule has 1 N–H and O–H groups in total. The number of carboxylic acids is 1. The second-order valence-corrected chi connectivity index (χ2v) is 5.67. The Kier molecular flexibility index (Phi) is 3.37. The lowest BCUT2D eigenvalue weighted by atomic mass is 9.92. The van der Waals surface area contributed by atoms with Crippen LogP contribution in [-0.4, -0.2) is 21.0 Å². The molecule has 4 heteroatoms. The van der Waals surface area contributed by atoms with E-state index in [2.05, 4.69) is 9.97 Å². The second kappa shape index (κ2) is 4.67. The van der Waals surface area contributed by atoms with E-state index in [0.29, 0.717) is 11.7 Å². The third kappa shape index (κ3) is 2.37. The Balaban J connectivity index is 2.40. The number of aromatic nitrogens is 2. The standard InChI is InChI=1S/C14H20N2O2/c1-9-8-11(10-6-4-5-7-10)16-12(15-9)14(2,3)13(17)18/h8,10H,4-7H2,1-3H3,(H,17,18). The van der Waals surface area contributed by atoms with Gasteiger partial charge in [-0.3, -0.25) is 4.79 Å². The van der Waals surface area contributed by atoms with Gasteiger partial charge in [-0.15, -0.1) is 0 Å². The minimum Gasteiger partial charge on any atom is -0.481 e. The van der Waals surface area contributed by atoms with Crippen molar-refractivity contribution in [2.45, 2.75) is 57.8 Å². The Morgan fingerprint density at radius 3 is 2.50 bits per heavy atom. The molecule has 0 unspecified atom stereocenters. The summed E-state index contributed by atoms with van der Waals surface area (Å²) < 4.78 is 0. The SMILES string of the molecule is Cc1cc(C2CCCC2)nc(C(C)(C)C(=O)O)n1. The molecular weight excluding hydrogens is 228 g/mol. The zero-order chi connectivity index (χ0) is 13.3. The van der Waals surface area contributed by atoms with Crippen LogP contribution in [0.25, 0.3) is 0 Å². The smallest absolute Gasteiger partial charge is 0.316 e. The maximum atomic E-state index is 11.3. The molecule has 98 valence electrons. The fraction of sp³-hybridized carbons (Fsp3) is 0.643. The van der Waals surface area contributed by atoms with Crippen molar-refractivity contribution >= 4 is 5.97 Å². The second-order valence-electron chi connectivity index (χ2n) is 5.67. The maximum absolute atomic E-state index is 11.3. The van der Waals surface area contributed by atoms with E-state index in [4.69, 9.17) is 0 Å². The fourth-order valence-electron chi connectivity index (χ4n) is 2.40. The third-order valence-corrected chi connectivity index (χ3v) is 3.74. The minimum atomic E-state index is -1.03. The van der Waals surface area contributed by atoms with Gasteiger partial charge in [-0.25, -0.2) is 9.97 Å². The number of aliphatic carboxylic acids is 1. The average Bonchev–Trinajstić information content (AvgIpc) is 2.81. The normalized spacial score (nSPS) is 17.1. The summed E-state index contributed by atoms with van der Waals surface area (Å²) in [5.74, 6) is 0.0254. The summed E-state index contributed by atoms with van der Waals surface area (Å²) in [7, 11) is 0. The number of carbonyl (C=O) groups is 1. The number of nitrogens with zero attached hydrogens (tertiary/aromatic N) is 2. The van der Waals surface area contributed by atoms with E-state index in [1.54, 1.807) is 13.8 Å². The molecule has 18 heavy (non-hydrogen) atoms. The van der Waals surface area contributed by atoms with Crippen molar-refractivity contribution in [2.24, 2.45) is 0 Å². The van der Waals surface area contributed by atoms with E-state index in [9.17, 15) is 9.90 Å². The summed E-state index contributed by atoms with van der Waals surface area (Å²) in [6, 6.07) is 2.00. The minimum absolute atomic E-state index is 0.428. The van der Waals surface area contributed by atoms with Gasteiger partial charge in [0, 0.05) is 17.3 Å². The van der Waals surface area contributed by atoms with Crippen LogP contribution < -0.4 is 0 Å². The van der Waals surface area contributed by atoms with E-state index in [-0.39, 0.29) is 0 Å². The Morgan fingerprint density at radius 1 is 1.33 bits per heavy atom. The lowest BCUT2D eigenvalue weighted by Gasteiger charge is -2.20. The lowest BCUT2D eigenvalue weighted by molar-refractivity contribution is -0.142. The molecule has 1 aliphatic rings. The van der Waals surface area contributed by atoms with E-state index in [1.165, 1.54) is 12.8 Å². The van der Waals surface area contributed by atoms with Crippen molar-refractivity contribution < 1.29 is 9.90 Å². The van der Waals surface area contributed by atoms with Crippen molar-refractivity contribution in [3.63, 3.8) is 0 Å². The molecule has 1 saturated carbocycles. The van der Waals surface area contributed by atoms with Gasteiger partial charge in [0.05, 0.1) is 0 Å². The molecule has 0 aliphatic heterocycles. The zero-order valence-electron chi connectivity index (χ0n) is 11.2. The first-order valence-corrected chi connectivity index (χ1v) is 6.50. The van der Waals surface area contributed by atoms with Crippen LogP contribution in [0.15, 0.2) is 6.07 Å². The first-order chi connectivity index (χ1) is 8.41. The van der Waals surface area contributed by atoms with Crippen LogP contribution in [-0.2, 0) is 10.2 Å². The van der Waals surface area contributed by atoms with Crippen LogP contribution in [0.3, 0.4) is 0 Å². The van der Waals surface area contributed by atoms with Crippen molar-refractivity contribution in [3.05, 3.63) is 23.3 Å². The monoisotopic (exact) mass is 248 g/mol. The molecule has 4 nitrogen and oxygen atoms in total. The number of rotatable bonds is 3. The van der Waals surface area contributed by atoms with Gasteiger partial charge in [-0.1, -0.05) is 12.8 Å². The van der Waals surface area contributed by atoms with E-state index in [1.807, 2.05) is 13.0 Å². The van der Waals surface area contributed by atoms with Crippen LogP contribution in [0.2, 0.25) is 0 Å². The van der Waals surface area contributed by atoms with Gasteiger partial charge in [0.25, 0.3) is 0 Å². The summed E-state index contributed by atoms with van der Waals surface area (Å²) in [6.45, 7) is 5.21. The molecule has 0 radical (unpaired) electrons. The van der Waals surface area contributed by atoms with Gasteiger partial charge >= 0.3 is 5.97 Å². The van der Waals surface area contributed by atoms with Gasteiger partial charge in [0.2, 0.25) is 0 Å². The third-order valence-electron chi connectivity index (χ3n) is 3.74. The topological polar surface area (TPSA) is 63.1 Å². The van der Waals surface area contributed by atoms with Crippen LogP contribution in [0.5, 0.6) is 0 Å². The predicted octanol–water partition coefficient (Wildman–Crippen LogP) is 2.80. The highest BCUT2D eigenvalue weighted by molar-refractivity contribution is 5.78. The summed E-state index contributed by atoms with van der Waals surface area (Å²) in [5, 5.41) is 9.26. The van der Waals surface area contributed by atoms with E-state index < -0.39 is 11.4 Å². The number of aryl methyl sites for hydroxylation is 1. The van der Waals surface area contributed by atoms with Crippen molar-refractivity contribution in [3.8, 4) is 0 Å². The molecule has 0 saturated heterocycles. The highest BCUT2D eigenvalue weighted by atomic mass is 16.4. The Hall–Kier alpha value is -1.45. The van der Waals surface area contributed by atoms with Crippen LogP contribution in [0.1, 0.15) is 62.7 Å². The first-order valence-electron chi connectivity index (χ1n) is 6.50. The van der Waals surface area contributed by atoms with Crippen molar-refractivity contribution in [2.75, 3.05) is 0 Å². The Labute approximate surface area is 107 Å². The molecule has 2 rings (SSSR count). The molecule has 1 heterocycles. The van der Waals surface area contributed by atoms with Gasteiger partial charge in [-0.2, -0.15) is 0 Å². The van der Waals surface area contributed by atoms with Gasteiger partial charge in [0.15, 0.2) is 0 Å². The highest BCUT2D eigenvalue weighted by Crippen LogP contribution is 2.34. The van der Waals surface area contributed by atoms with Gasteiger partial charge < -0.3 is 5.11 Å². The van der Waals surface area contributed by atoms with Crippen LogP contribution in [0.4, 0.5) is 0 Å². The summed E-state index contributed by atoms with van der Waals surface area (Å²) in [4.78, 5) is 20.1. The molecule has 0 atom stereocenters. The summed E-state index contributed by atoms with van der Waals surface area (Å²) in [6.07, 6.45) is 4.80. The van der Waals surface area contributed by atoms with Crippen molar-refractivity contribution in [1.82, 2.24) is 9.97 Å². The molecule has 1 aromatic heterocycles. The molecule has 1 fully saturated rings. The number of carboxylic acid groups (broad SMARTS) is 1. The van der Waals surface area contributed by atoms with E-state index >= 15 is 0 Å². The Bertz CT molecular complexity index is 463. The molecule has 1 aliphatic carbocycles. The predicted molar refractivity (Wildman–Crippen MR) is 68.6 cm³/mol. The van der Waals surface area contributed by atoms with Crippen molar-refractivity contribution in [1.29, 1.82) is 0 Å². The molecule has 0 aromatic carbocycles. The van der Waals surface area contributed by atoms with E-state index in [0.717, 1.165) is 24.2 Å². The summed E-state index contributed by atoms with van der Waals surface area (Å²) >= 11 is 0. The molecule has 0 spiro atoms. The lowest BCUT2D eigenvalue weighted by Crippen LogP contribution is -2.31. The largest absolute Gasteiger partial charge is 0.481 e. The number of hydrogen-bond donors (Lipinski definition) is 1. The average molecular weight is 248 g/mol. The van der Waals surface area contributed by atoms with Gasteiger partial charge in [0.1, 0.15) is 11.2 Å². The fourth-order valence-corrected chi connectivity index (χ4v) is 2.40. The molecular formula is C14H20N2O2. The Morgan fingerprint density at radius 2 is 1.94 bits per heavy atom. The number of hydrogen-bond acceptors (Lipinski definition) is 3. The molecule has 0 amide bonds. The zero-order valence-corrected chi connectivity index (χ0v) is 11.2. The quantitative estimate of drug-likeness (QED) is 0.893. The highest BCUT2D eigenvalue weighted by Gasteiger charge is 2.33. The molecule has 1 aromatic rings. The van der Waals surface area contributed by atoms with Crippen LogP contribution >= 0.6 is 0 Å². The summed E-state index contributed by atoms with van der Waals surface area (Å²) in [5.41, 5.74) is 0.847. The maximum Gasteiger partial charge on any atom is 0.316 e.